The fourth-order valence-electron chi connectivity index (χ4n) is 2.37. The molecule has 118 valence electrons. The number of nitrogens with one attached hydrogen (secondary N) is 1. The van der Waals surface area contributed by atoms with Crippen molar-refractivity contribution in [2.45, 2.75) is 6.04 Å². The summed E-state index contributed by atoms with van der Waals surface area (Å²) >= 11 is 0. The highest BCUT2D eigenvalue weighted by Crippen LogP contribution is 2.22. The summed E-state index contributed by atoms with van der Waals surface area (Å²) in [5.41, 5.74) is 1.40. The number of halogens is 2. The third-order valence-electron chi connectivity index (χ3n) is 3.36. The predicted octanol–water partition coefficient (Wildman–Crippen LogP) is 1.50. The summed E-state index contributed by atoms with van der Waals surface area (Å²) in [7, 11) is 0. The first-order chi connectivity index (χ1) is 9.86. The summed E-state index contributed by atoms with van der Waals surface area (Å²) in [5, 5.41) is 3.31. The lowest BCUT2D eigenvalue weighted by Crippen LogP contribution is -2.48. The topological polar surface area (TPSA) is 71.0 Å². The van der Waals surface area contributed by atoms with Crippen molar-refractivity contribution in [3.8, 4) is 0 Å². The number of amides is 1. The Morgan fingerprint density at radius 1 is 1.18 bits per heavy atom. The second kappa shape index (κ2) is 8.63. The zero-order valence-corrected chi connectivity index (χ0v) is 13.4. The molecule has 3 rings (SSSR count). The molecule has 1 saturated heterocycles. The van der Waals surface area contributed by atoms with E-state index in [1.165, 1.54) is 12.4 Å². The van der Waals surface area contributed by atoms with Gasteiger partial charge in [0.15, 0.2) is 0 Å². The van der Waals surface area contributed by atoms with Crippen molar-refractivity contribution in [3.63, 3.8) is 0 Å². The molecule has 2 aromatic heterocycles. The maximum absolute atomic E-state index is 12.6. The predicted molar refractivity (Wildman–Crippen MR) is 87.4 cm³/mol. The minimum atomic E-state index is -0.0894. The zero-order chi connectivity index (χ0) is 13.8. The van der Waals surface area contributed by atoms with Gasteiger partial charge in [0, 0.05) is 44.4 Å². The van der Waals surface area contributed by atoms with Gasteiger partial charge in [0.25, 0.3) is 5.91 Å². The molecule has 1 atom stereocenters. The number of carbonyl (C=O) groups is 1. The quantitative estimate of drug-likeness (QED) is 0.896. The monoisotopic (exact) mass is 341 g/mol. The summed E-state index contributed by atoms with van der Waals surface area (Å²) in [5.74, 6) is -0.0894. The SMILES string of the molecule is Cl.Cl.O=C(c1cnccn1)N1CCNCC1c1cccnc1. The third kappa shape index (κ3) is 3.91. The molecule has 0 spiro atoms. The smallest absolute Gasteiger partial charge is 0.274 e. The Hall–Kier alpha value is -1.76. The maximum Gasteiger partial charge on any atom is 0.274 e. The lowest BCUT2D eigenvalue weighted by Gasteiger charge is -2.36. The van der Waals surface area contributed by atoms with Crippen molar-refractivity contribution < 1.29 is 4.79 Å². The van der Waals surface area contributed by atoms with E-state index in [0.717, 1.165) is 18.7 Å². The average molecular weight is 342 g/mol. The molecule has 0 aromatic carbocycles. The molecule has 1 amide bonds. The fourth-order valence-corrected chi connectivity index (χ4v) is 2.37. The minimum Gasteiger partial charge on any atom is -0.328 e. The van der Waals surface area contributed by atoms with Gasteiger partial charge in [-0.1, -0.05) is 6.07 Å². The number of aromatic nitrogens is 3. The van der Waals surface area contributed by atoms with Gasteiger partial charge in [-0.3, -0.25) is 14.8 Å². The van der Waals surface area contributed by atoms with Crippen LogP contribution in [0.25, 0.3) is 0 Å². The van der Waals surface area contributed by atoms with E-state index in [-0.39, 0.29) is 36.8 Å². The molecule has 2 aromatic rings. The molecule has 8 heteroatoms. The van der Waals surface area contributed by atoms with E-state index in [1.807, 2.05) is 17.0 Å². The summed E-state index contributed by atoms with van der Waals surface area (Å²) in [6, 6.07) is 3.85. The summed E-state index contributed by atoms with van der Waals surface area (Å²) in [6.07, 6.45) is 8.13. The van der Waals surface area contributed by atoms with E-state index in [0.29, 0.717) is 12.2 Å². The average Bonchev–Trinajstić information content (AvgIpc) is 2.56. The highest BCUT2D eigenvalue weighted by molar-refractivity contribution is 5.92. The molecule has 0 saturated carbocycles. The van der Waals surface area contributed by atoms with Crippen LogP contribution in [0.1, 0.15) is 22.1 Å². The lowest BCUT2D eigenvalue weighted by molar-refractivity contribution is 0.0627. The van der Waals surface area contributed by atoms with Gasteiger partial charge >= 0.3 is 0 Å². The van der Waals surface area contributed by atoms with Crippen LogP contribution in [0.5, 0.6) is 0 Å². The van der Waals surface area contributed by atoms with E-state index in [4.69, 9.17) is 0 Å². The molecule has 0 bridgehead atoms. The van der Waals surface area contributed by atoms with Gasteiger partial charge in [0.2, 0.25) is 0 Å². The Morgan fingerprint density at radius 2 is 2.00 bits per heavy atom. The normalized spacial score (nSPS) is 17.1. The fraction of sp³-hybridized carbons (Fsp3) is 0.286. The van der Waals surface area contributed by atoms with Crippen LogP contribution in [0.3, 0.4) is 0 Å². The highest BCUT2D eigenvalue weighted by atomic mass is 35.5. The van der Waals surface area contributed by atoms with Crippen LogP contribution in [0.15, 0.2) is 43.1 Å². The largest absolute Gasteiger partial charge is 0.328 e. The third-order valence-corrected chi connectivity index (χ3v) is 3.36. The molecule has 1 aliphatic rings. The first-order valence-corrected chi connectivity index (χ1v) is 6.54. The number of hydrogen-bond donors (Lipinski definition) is 1. The molecule has 1 unspecified atom stereocenters. The first kappa shape index (κ1) is 18.3. The summed E-state index contributed by atoms with van der Waals surface area (Å²) < 4.78 is 0. The Labute approximate surface area is 141 Å². The van der Waals surface area contributed by atoms with Crippen LogP contribution in [0.4, 0.5) is 0 Å². The van der Waals surface area contributed by atoms with E-state index in [1.54, 1.807) is 18.6 Å². The molecule has 1 aliphatic heterocycles. The van der Waals surface area contributed by atoms with Gasteiger partial charge in [0.1, 0.15) is 5.69 Å². The van der Waals surface area contributed by atoms with Crippen molar-refractivity contribution in [1.82, 2.24) is 25.2 Å². The molecule has 1 N–H and O–H groups in total. The van der Waals surface area contributed by atoms with Gasteiger partial charge < -0.3 is 10.2 Å². The molecule has 1 fully saturated rings. The Kier molecular flexibility index (Phi) is 7.17. The van der Waals surface area contributed by atoms with E-state index >= 15 is 0 Å². The zero-order valence-electron chi connectivity index (χ0n) is 11.8. The van der Waals surface area contributed by atoms with Gasteiger partial charge in [-0.25, -0.2) is 4.98 Å². The van der Waals surface area contributed by atoms with E-state index in [2.05, 4.69) is 20.3 Å². The number of carbonyl (C=O) groups excluding carboxylic acids is 1. The Balaban J connectivity index is 0.00000121. The van der Waals surface area contributed by atoms with E-state index < -0.39 is 0 Å². The first-order valence-electron chi connectivity index (χ1n) is 6.54. The molecular formula is C14H17Cl2N5O. The molecule has 3 heterocycles. The van der Waals surface area contributed by atoms with Crippen LogP contribution in [-0.4, -0.2) is 45.4 Å². The van der Waals surface area contributed by atoms with Crippen molar-refractivity contribution in [1.29, 1.82) is 0 Å². The maximum atomic E-state index is 12.6. The number of pyridine rings is 1. The number of hydrogen-bond acceptors (Lipinski definition) is 5. The van der Waals surface area contributed by atoms with Crippen LogP contribution in [0, 0.1) is 0 Å². The number of nitrogens with zero attached hydrogens (tertiary/aromatic N) is 4. The lowest BCUT2D eigenvalue weighted by atomic mass is 10.0. The molecule has 0 aliphatic carbocycles. The van der Waals surface area contributed by atoms with Crippen LogP contribution >= 0.6 is 24.8 Å². The molecule has 0 radical (unpaired) electrons. The van der Waals surface area contributed by atoms with Crippen molar-refractivity contribution in [2.24, 2.45) is 0 Å². The van der Waals surface area contributed by atoms with Gasteiger partial charge in [0.05, 0.1) is 12.2 Å². The van der Waals surface area contributed by atoms with Crippen LogP contribution in [-0.2, 0) is 0 Å². The minimum absolute atomic E-state index is 0. The summed E-state index contributed by atoms with van der Waals surface area (Å²) in [4.78, 5) is 26.6. The standard InChI is InChI=1S/C14H15N5O.2ClH/c20-14(12-9-16-4-5-18-12)19-7-6-17-10-13(19)11-2-1-3-15-8-11;;/h1-5,8-9,13,17H,6-7,10H2;2*1H. The molecule has 6 nitrogen and oxygen atoms in total. The van der Waals surface area contributed by atoms with Gasteiger partial charge in [-0.15, -0.1) is 24.8 Å². The second-order valence-electron chi connectivity index (χ2n) is 4.60. The van der Waals surface area contributed by atoms with Crippen LogP contribution < -0.4 is 5.32 Å². The molecular weight excluding hydrogens is 325 g/mol. The van der Waals surface area contributed by atoms with Crippen molar-refractivity contribution in [3.05, 3.63) is 54.4 Å². The Bertz CT molecular complexity index is 584. The summed E-state index contributed by atoms with van der Waals surface area (Å²) in [6.45, 7) is 2.15. The highest BCUT2D eigenvalue weighted by Gasteiger charge is 2.29. The Morgan fingerprint density at radius 3 is 2.68 bits per heavy atom. The van der Waals surface area contributed by atoms with Crippen molar-refractivity contribution >= 4 is 30.7 Å². The van der Waals surface area contributed by atoms with Crippen LogP contribution in [0.2, 0.25) is 0 Å². The van der Waals surface area contributed by atoms with Gasteiger partial charge in [-0.2, -0.15) is 0 Å². The van der Waals surface area contributed by atoms with Crippen molar-refractivity contribution in [2.75, 3.05) is 19.6 Å². The number of piperazine rings is 1. The van der Waals surface area contributed by atoms with E-state index in [9.17, 15) is 4.79 Å². The number of rotatable bonds is 2. The molecule has 22 heavy (non-hydrogen) atoms. The van der Waals surface area contributed by atoms with Gasteiger partial charge in [-0.05, 0) is 11.6 Å². The second-order valence-corrected chi connectivity index (χ2v) is 4.60.